The van der Waals surface area contributed by atoms with Crippen molar-refractivity contribution in [3.05, 3.63) is 54.1 Å². The number of benzene rings is 2. The fourth-order valence-electron chi connectivity index (χ4n) is 3.06. The van der Waals surface area contributed by atoms with Crippen LogP contribution in [0.3, 0.4) is 0 Å². The molecule has 7 nitrogen and oxygen atoms in total. The number of nitrogens with one attached hydrogen (secondary N) is 1. The Balaban J connectivity index is 1.80. The van der Waals surface area contributed by atoms with E-state index in [1.807, 2.05) is 31.1 Å². The largest absolute Gasteiger partial charge is 0.378 e. The predicted molar refractivity (Wildman–Crippen MR) is 109 cm³/mol. The van der Waals surface area contributed by atoms with Gasteiger partial charge in [-0.3, -0.25) is 4.79 Å². The van der Waals surface area contributed by atoms with Gasteiger partial charge in [-0.1, -0.05) is 6.07 Å². The van der Waals surface area contributed by atoms with Gasteiger partial charge in [-0.15, -0.1) is 0 Å². The van der Waals surface area contributed by atoms with E-state index < -0.39 is 30.8 Å². The van der Waals surface area contributed by atoms with E-state index in [9.17, 15) is 21.6 Å². The van der Waals surface area contributed by atoms with Gasteiger partial charge in [-0.2, -0.15) is 0 Å². The molecule has 0 aliphatic carbocycles. The SMILES string of the molecule is CN(C)c1ccc(NC(=O)c2cccc(S(=O)(=O)C3CCS(=O)(=O)C3)c2)cc1. The molecule has 9 heteroatoms. The topological polar surface area (TPSA) is 101 Å². The minimum Gasteiger partial charge on any atom is -0.378 e. The minimum atomic E-state index is -3.82. The van der Waals surface area contributed by atoms with Crippen LogP contribution < -0.4 is 10.2 Å². The van der Waals surface area contributed by atoms with Gasteiger partial charge in [0.2, 0.25) is 0 Å². The molecule has 150 valence electrons. The van der Waals surface area contributed by atoms with Gasteiger partial charge < -0.3 is 10.2 Å². The molecule has 1 saturated heterocycles. The van der Waals surface area contributed by atoms with Gasteiger partial charge >= 0.3 is 0 Å². The average Bonchev–Trinajstić information content (AvgIpc) is 3.03. The van der Waals surface area contributed by atoms with Crippen molar-refractivity contribution in [2.45, 2.75) is 16.6 Å². The lowest BCUT2D eigenvalue weighted by molar-refractivity contribution is 0.102. The molecule has 1 amide bonds. The van der Waals surface area contributed by atoms with E-state index in [2.05, 4.69) is 5.32 Å². The molecule has 1 fully saturated rings. The van der Waals surface area contributed by atoms with Crippen LogP contribution in [0.4, 0.5) is 11.4 Å². The van der Waals surface area contributed by atoms with E-state index >= 15 is 0 Å². The van der Waals surface area contributed by atoms with Crippen LogP contribution in [0.1, 0.15) is 16.8 Å². The Hall–Kier alpha value is -2.39. The molecule has 2 aromatic carbocycles. The van der Waals surface area contributed by atoms with Crippen molar-refractivity contribution in [3.8, 4) is 0 Å². The highest BCUT2D eigenvalue weighted by Crippen LogP contribution is 2.26. The number of hydrogen-bond donors (Lipinski definition) is 1. The van der Waals surface area contributed by atoms with Crippen molar-refractivity contribution in [2.24, 2.45) is 0 Å². The number of amides is 1. The Kier molecular flexibility index (Phi) is 5.49. The highest BCUT2D eigenvalue weighted by molar-refractivity contribution is 7.96. The number of sulfone groups is 2. The number of anilines is 2. The Morgan fingerprint density at radius 2 is 1.79 bits per heavy atom. The fourth-order valence-corrected chi connectivity index (χ4v) is 7.46. The minimum absolute atomic E-state index is 0.0368. The molecule has 1 unspecified atom stereocenters. The first-order chi connectivity index (χ1) is 13.1. The maximum atomic E-state index is 12.8. The van der Waals surface area contributed by atoms with E-state index in [1.165, 1.54) is 24.3 Å². The van der Waals surface area contributed by atoms with Crippen LogP contribution in [0.2, 0.25) is 0 Å². The third-order valence-electron chi connectivity index (χ3n) is 4.70. The van der Waals surface area contributed by atoms with E-state index in [0.29, 0.717) is 5.69 Å². The molecule has 28 heavy (non-hydrogen) atoms. The second-order valence-electron chi connectivity index (χ2n) is 6.99. The lowest BCUT2D eigenvalue weighted by Gasteiger charge is -2.13. The van der Waals surface area contributed by atoms with Crippen LogP contribution in [0, 0.1) is 0 Å². The molecule has 2 aromatic rings. The maximum Gasteiger partial charge on any atom is 0.255 e. The summed E-state index contributed by atoms with van der Waals surface area (Å²) < 4.78 is 48.8. The van der Waals surface area contributed by atoms with Gasteiger partial charge in [0.05, 0.1) is 21.7 Å². The lowest BCUT2D eigenvalue weighted by atomic mass is 10.2. The Bertz CT molecular complexity index is 1090. The van der Waals surface area contributed by atoms with Crippen LogP contribution in [-0.2, 0) is 19.7 Å². The van der Waals surface area contributed by atoms with Crippen LogP contribution in [0.25, 0.3) is 0 Å². The molecular formula is C19H22N2O5S2. The highest BCUT2D eigenvalue weighted by atomic mass is 32.2. The zero-order valence-corrected chi connectivity index (χ0v) is 17.3. The quantitative estimate of drug-likeness (QED) is 0.791. The summed E-state index contributed by atoms with van der Waals surface area (Å²) in [5, 5.41) is 1.77. The lowest BCUT2D eigenvalue weighted by Crippen LogP contribution is -2.23. The number of carbonyl (C=O) groups is 1. The van der Waals surface area contributed by atoms with Crippen LogP contribution in [-0.4, -0.2) is 53.6 Å². The normalized spacial score (nSPS) is 18.6. The van der Waals surface area contributed by atoms with Crippen LogP contribution in [0.5, 0.6) is 0 Å². The molecule has 0 spiro atoms. The maximum absolute atomic E-state index is 12.8. The van der Waals surface area contributed by atoms with Gasteiger partial charge in [-0.05, 0) is 48.9 Å². The predicted octanol–water partition coefficient (Wildman–Crippen LogP) is 1.97. The standard InChI is InChI=1S/C19H22N2O5S2/c1-21(2)16-8-6-15(7-9-16)20-19(22)14-4-3-5-17(12-14)28(25,26)18-10-11-27(23,24)13-18/h3-9,12,18H,10-11,13H2,1-2H3,(H,20,22). The Morgan fingerprint density at radius 3 is 2.36 bits per heavy atom. The third kappa shape index (κ3) is 4.36. The summed E-state index contributed by atoms with van der Waals surface area (Å²) in [5.41, 5.74) is 1.77. The Labute approximate surface area is 165 Å². The number of hydrogen-bond acceptors (Lipinski definition) is 6. The third-order valence-corrected chi connectivity index (χ3v) is 8.87. The monoisotopic (exact) mass is 422 g/mol. The zero-order chi connectivity index (χ0) is 20.5. The second-order valence-corrected chi connectivity index (χ2v) is 11.5. The highest BCUT2D eigenvalue weighted by Gasteiger charge is 2.38. The molecule has 3 rings (SSSR count). The first kappa shape index (κ1) is 20.3. The van der Waals surface area contributed by atoms with Gasteiger partial charge in [-0.25, -0.2) is 16.8 Å². The van der Waals surface area contributed by atoms with Crippen molar-refractivity contribution in [2.75, 3.05) is 35.8 Å². The Morgan fingerprint density at radius 1 is 1.11 bits per heavy atom. The molecule has 1 aliphatic heterocycles. The van der Waals surface area contributed by atoms with E-state index in [4.69, 9.17) is 0 Å². The van der Waals surface area contributed by atoms with Gasteiger partial charge in [0.15, 0.2) is 19.7 Å². The van der Waals surface area contributed by atoms with Gasteiger partial charge in [0.1, 0.15) is 0 Å². The second kappa shape index (κ2) is 7.56. The summed E-state index contributed by atoms with van der Waals surface area (Å²) in [5.74, 6) is -0.932. The first-order valence-electron chi connectivity index (χ1n) is 8.72. The molecule has 0 bridgehead atoms. The average molecular weight is 423 g/mol. The number of carbonyl (C=O) groups excluding carboxylic acids is 1. The summed E-state index contributed by atoms with van der Waals surface area (Å²) in [6.07, 6.45) is 0.0827. The number of nitrogens with zero attached hydrogens (tertiary/aromatic N) is 1. The molecule has 0 radical (unpaired) electrons. The molecule has 1 N–H and O–H groups in total. The molecule has 0 saturated carbocycles. The molecule has 1 atom stereocenters. The summed E-state index contributed by atoms with van der Waals surface area (Å²) in [4.78, 5) is 14.4. The first-order valence-corrected chi connectivity index (χ1v) is 12.1. The van der Waals surface area contributed by atoms with Crippen molar-refractivity contribution >= 4 is 37.0 Å². The number of rotatable bonds is 5. The molecule has 0 aromatic heterocycles. The van der Waals surface area contributed by atoms with Crippen LogP contribution >= 0.6 is 0 Å². The smallest absolute Gasteiger partial charge is 0.255 e. The van der Waals surface area contributed by atoms with E-state index in [0.717, 1.165) is 5.69 Å². The summed E-state index contributed by atoms with van der Waals surface area (Å²) >= 11 is 0. The summed E-state index contributed by atoms with van der Waals surface area (Å²) in [7, 11) is -3.32. The molecule has 1 heterocycles. The van der Waals surface area contributed by atoms with Crippen molar-refractivity contribution < 1.29 is 21.6 Å². The van der Waals surface area contributed by atoms with E-state index in [1.54, 1.807) is 12.1 Å². The molecular weight excluding hydrogens is 400 g/mol. The van der Waals surface area contributed by atoms with Crippen LogP contribution in [0.15, 0.2) is 53.4 Å². The van der Waals surface area contributed by atoms with Crippen molar-refractivity contribution in [1.82, 2.24) is 0 Å². The van der Waals surface area contributed by atoms with Crippen molar-refractivity contribution in [3.63, 3.8) is 0 Å². The van der Waals surface area contributed by atoms with Gasteiger partial charge in [0, 0.05) is 31.0 Å². The molecule has 1 aliphatic rings. The zero-order valence-electron chi connectivity index (χ0n) is 15.6. The van der Waals surface area contributed by atoms with E-state index in [-0.39, 0.29) is 28.4 Å². The fraction of sp³-hybridized carbons (Fsp3) is 0.316. The van der Waals surface area contributed by atoms with Gasteiger partial charge in [0.25, 0.3) is 5.91 Å². The summed E-state index contributed by atoms with van der Waals surface area (Å²) in [6, 6.07) is 12.9. The summed E-state index contributed by atoms with van der Waals surface area (Å²) in [6.45, 7) is 0. The van der Waals surface area contributed by atoms with Crippen molar-refractivity contribution in [1.29, 1.82) is 0 Å².